The van der Waals surface area contributed by atoms with Gasteiger partial charge in [0.05, 0.1) is 5.69 Å². The normalized spacial score (nSPS) is 15.7. The van der Waals surface area contributed by atoms with E-state index in [-0.39, 0.29) is 5.57 Å². The number of urea groups is 1. The summed E-state index contributed by atoms with van der Waals surface area (Å²) in [6, 6.07) is 16.5. The lowest BCUT2D eigenvalue weighted by Gasteiger charge is -2.26. The molecule has 1 aliphatic rings. The summed E-state index contributed by atoms with van der Waals surface area (Å²) in [5.41, 5.74) is 1.92. The maximum absolute atomic E-state index is 12.9. The van der Waals surface area contributed by atoms with Gasteiger partial charge in [0.1, 0.15) is 17.1 Å². The Bertz CT molecular complexity index is 1160. The Labute approximate surface area is 171 Å². The van der Waals surface area contributed by atoms with Gasteiger partial charge in [0, 0.05) is 10.6 Å². The van der Waals surface area contributed by atoms with E-state index < -0.39 is 17.8 Å². The molecular formula is C22H15ClN2O4. The summed E-state index contributed by atoms with van der Waals surface area (Å²) < 4.78 is 5.74. The van der Waals surface area contributed by atoms with Crippen LogP contribution in [0.5, 0.6) is 0 Å². The fraction of sp³-hybridized carbons (Fsp3) is 0.0455. The SMILES string of the molecule is Cc1ccc(N2C(=O)NC(=O)/C(=C/c3ccc(-c4cccc(Cl)c4)o3)C2=O)cc1. The summed E-state index contributed by atoms with van der Waals surface area (Å²) in [6.07, 6.45) is 1.32. The number of nitrogens with zero attached hydrogens (tertiary/aromatic N) is 1. The van der Waals surface area contributed by atoms with E-state index in [1.54, 1.807) is 54.6 Å². The van der Waals surface area contributed by atoms with Gasteiger partial charge in [-0.15, -0.1) is 0 Å². The third kappa shape index (κ3) is 3.70. The third-order valence-corrected chi connectivity index (χ3v) is 4.65. The second-order valence-corrected chi connectivity index (χ2v) is 6.94. The van der Waals surface area contributed by atoms with Crippen LogP contribution in [0.25, 0.3) is 17.4 Å². The smallest absolute Gasteiger partial charge is 0.335 e. The van der Waals surface area contributed by atoms with Gasteiger partial charge in [0.2, 0.25) is 0 Å². The largest absolute Gasteiger partial charge is 0.457 e. The molecule has 4 amide bonds. The van der Waals surface area contributed by atoms with Crippen molar-refractivity contribution in [3.63, 3.8) is 0 Å². The second kappa shape index (κ2) is 7.41. The number of hydrogen-bond acceptors (Lipinski definition) is 4. The molecule has 1 saturated heterocycles. The summed E-state index contributed by atoms with van der Waals surface area (Å²) in [6.45, 7) is 1.89. The molecule has 1 aliphatic heterocycles. The van der Waals surface area contributed by atoms with E-state index in [4.69, 9.17) is 16.0 Å². The van der Waals surface area contributed by atoms with Crippen molar-refractivity contribution in [2.24, 2.45) is 0 Å². The minimum Gasteiger partial charge on any atom is -0.457 e. The van der Waals surface area contributed by atoms with E-state index in [2.05, 4.69) is 5.32 Å². The molecule has 1 aromatic heterocycles. The van der Waals surface area contributed by atoms with E-state index in [9.17, 15) is 14.4 Å². The molecule has 2 aromatic carbocycles. The second-order valence-electron chi connectivity index (χ2n) is 6.51. The van der Waals surface area contributed by atoms with E-state index in [0.717, 1.165) is 16.0 Å². The zero-order valence-corrected chi connectivity index (χ0v) is 16.1. The highest BCUT2D eigenvalue weighted by Gasteiger charge is 2.37. The molecule has 3 aromatic rings. The van der Waals surface area contributed by atoms with Crippen LogP contribution in [0.4, 0.5) is 10.5 Å². The Balaban J connectivity index is 1.67. The van der Waals surface area contributed by atoms with Gasteiger partial charge in [-0.05, 0) is 49.4 Å². The Morgan fingerprint density at radius 2 is 1.76 bits per heavy atom. The third-order valence-electron chi connectivity index (χ3n) is 4.42. The number of rotatable bonds is 3. The van der Waals surface area contributed by atoms with Crippen molar-refractivity contribution < 1.29 is 18.8 Å². The van der Waals surface area contributed by atoms with Crippen LogP contribution in [-0.4, -0.2) is 17.8 Å². The molecule has 0 atom stereocenters. The van der Waals surface area contributed by atoms with Crippen LogP contribution in [0.1, 0.15) is 11.3 Å². The van der Waals surface area contributed by atoms with Crippen molar-refractivity contribution >= 4 is 41.2 Å². The number of hydrogen-bond donors (Lipinski definition) is 1. The van der Waals surface area contributed by atoms with Crippen molar-refractivity contribution in [1.29, 1.82) is 0 Å². The molecule has 0 radical (unpaired) electrons. The fourth-order valence-electron chi connectivity index (χ4n) is 2.96. The van der Waals surface area contributed by atoms with E-state index in [0.29, 0.717) is 22.2 Å². The first-order valence-corrected chi connectivity index (χ1v) is 9.14. The minimum atomic E-state index is -0.792. The quantitative estimate of drug-likeness (QED) is 0.510. The molecule has 0 saturated carbocycles. The number of aryl methyl sites for hydroxylation is 1. The predicted octanol–water partition coefficient (Wildman–Crippen LogP) is 4.57. The summed E-state index contributed by atoms with van der Waals surface area (Å²) in [4.78, 5) is 38.3. The number of nitrogens with one attached hydrogen (secondary N) is 1. The summed E-state index contributed by atoms with van der Waals surface area (Å²) in [7, 11) is 0. The van der Waals surface area contributed by atoms with Gasteiger partial charge < -0.3 is 4.42 Å². The van der Waals surface area contributed by atoms with E-state index in [1.807, 2.05) is 13.0 Å². The molecule has 0 unspecified atom stereocenters. The maximum Gasteiger partial charge on any atom is 0.335 e. The number of amides is 4. The molecule has 0 bridgehead atoms. The lowest BCUT2D eigenvalue weighted by molar-refractivity contribution is -0.122. The van der Waals surface area contributed by atoms with Crippen LogP contribution in [0.2, 0.25) is 5.02 Å². The topological polar surface area (TPSA) is 79.6 Å². The molecule has 1 N–H and O–H groups in total. The zero-order valence-electron chi connectivity index (χ0n) is 15.3. The lowest BCUT2D eigenvalue weighted by Crippen LogP contribution is -2.54. The first-order valence-electron chi connectivity index (χ1n) is 8.76. The van der Waals surface area contributed by atoms with Crippen molar-refractivity contribution in [2.75, 3.05) is 4.90 Å². The van der Waals surface area contributed by atoms with Gasteiger partial charge in [0.15, 0.2) is 0 Å². The highest BCUT2D eigenvalue weighted by molar-refractivity contribution is 6.39. The molecule has 29 heavy (non-hydrogen) atoms. The Kier molecular flexibility index (Phi) is 4.78. The molecular weight excluding hydrogens is 392 g/mol. The van der Waals surface area contributed by atoms with Crippen molar-refractivity contribution in [2.45, 2.75) is 6.92 Å². The summed E-state index contributed by atoms with van der Waals surface area (Å²) in [5, 5.41) is 2.75. The molecule has 7 heteroatoms. The van der Waals surface area contributed by atoms with Crippen molar-refractivity contribution in [3.8, 4) is 11.3 Å². The average Bonchev–Trinajstić information content (AvgIpc) is 3.15. The van der Waals surface area contributed by atoms with Crippen LogP contribution in [0, 0.1) is 6.92 Å². The van der Waals surface area contributed by atoms with Crippen LogP contribution in [0.15, 0.2) is 70.7 Å². The fourth-order valence-corrected chi connectivity index (χ4v) is 3.15. The molecule has 6 nitrogen and oxygen atoms in total. The van der Waals surface area contributed by atoms with Gasteiger partial charge in [-0.25, -0.2) is 9.69 Å². The van der Waals surface area contributed by atoms with Crippen molar-refractivity contribution in [3.05, 3.63) is 82.6 Å². The summed E-state index contributed by atoms with van der Waals surface area (Å²) in [5.74, 6) is -0.654. The Morgan fingerprint density at radius 3 is 2.48 bits per heavy atom. The summed E-state index contributed by atoms with van der Waals surface area (Å²) >= 11 is 6.00. The number of halogens is 1. The van der Waals surface area contributed by atoms with Crippen LogP contribution in [0.3, 0.4) is 0 Å². The molecule has 144 valence electrons. The lowest BCUT2D eigenvalue weighted by atomic mass is 10.1. The van der Waals surface area contributed by atoms with Gasteiger partial charge in [-0.2, -0.15) is 0 Å². The number of carbonyl (C=O) groups is 3. The Morgan fingerprint density at radius 1 is 1.00 bits per heavy atom. The number of carbonyl (C=O) groups excluding carboxylic acids is 3. The highest BCUT2D eigenvalue weighted by atomic mass is 35.5. The highest BCUT2D eigenvalue weighted by Crippen LogP contribution is 2.27. The first-order chi connectivity index (χ1) is 13.9. The van der Waals surface area contributed by atoms with Gasteiger partial charge in [-0.1, -0.05) is 41.4 Å². The number of barbiturate groups is 1. The average molecular weight is 407 g/mol. The van der Waals surface area contributed by atoms with Gasteiger partial charge in [-0.3, -0.25) is 14.9 Å². The molecule has 0 aliphatic carbocycles. The molecule has 0 spiro atoms. The van der Waals surface area contributed by atoms with E-state index >= 15 is 0 Å². The first kappa shape index (κ1) is 18.7. The zero-order chi connectivity index (χ0) is 20.5. The van der Waals surface area contributed by atoms with Gasteiger partial charge >= 0.3 is 6.03 Å². The van der Waals surface area contributed by atoms with Crippen LogP contribution >= 0.6 is 11.6 Å². The number of anilines is 1. The standard InChI is InChI=1S/C22H15ClN2O4/c1-13-5-7-16(8-6-13)25-21(27)18(20(26)24-22(25)28)12-17-9-10-19(29-17)14-3-2-4-15(23)11-14/h2-12H,1H3,(H,24,26,28)/b18-12-. The minimum absolute atomic E-state index is 0.197. The van der Waals surface area contributed by atoms with Crippen molar-refractivity contribution in [1.82, 2.24) is 5.32 Å². The number of furan rings is 1. The van der Waals surface area contributed by atoms with Gasteiger partial charge in [0.25, 0.3) is 11.8 Å². The number of imide groups is 2. The van der Waals surface area contributed by atoms with E-state index in [1.165, 1.54) is 6.08 Å². The molecule has 4 rings (SSSR count). The molecule has 2 heterocycles. The van der Waals surface area contributed by atoms with Crippen LogP contribution in [-0.2, 0) is 9.59 Å². The Hall–Kier alpha value is -3.64. The van der Waals surface area contributed by atoms with Crippen LogP contribution < -0.4 is 10.2 Å². The monoisotopic (exact) mass is 406 g/mol. The number of benzene rings is 2. The maximum atomic E-state index is 12.9. The predicted molar refractivity (Wildman–Crippen MR) is 109 cm³/mol. The molecule has 1 fully saturated rings.